The molecule has 9 heteroatoms. The first-order chi connectivity index (χ1) is 10.1. The summed E-state index contributed by atoms with van der Waals surface area (Å²) in [6.07, 6.45) is 0.409. The van der Waals surface area contributed by atoms with E-state index in [2.05, 4.69) is 0 Å². The van der Waals surface area contributed by atoms with Gasteiger partial charge in [-0.25, -0.2) is 13.1 Å². The minimum atomic E-state index is -4.25. The molecule has 0 saturated carbocycles. The summed E-state index contributed by atoms with van der Waals surface area (Å²) in [4.78, 5) is 21.5. The molecule has 0 aliphatic carbocycles. The van der Waals surface area contributed by atoms with Crippen molar-refractivity contribution in [3.05, 3.63) is 28.8 Å². The summed E-state index contributed by atoms with van der Waals surface area (Å²) in [5.74, 6) is -3.71. The molecule has 0 aromatic heterocycles. The molecule has 2 atom stereocenters. The lowest BCUT2D eigenvalue weighted by molar-refractivity contribution is -0.309. The van der Waals surface area contributed by atoms with E-state index in [-0.39, 0.29) is 5.02 Å². The largest absolute Gasteiger partial charge is 0.548 e. The zero-order valence-electron chi connectivity index (χ0n) is 11.8. The van der Waals surface area contributed by atoms with Crippen LogP contribution in [0.1, 0.15) is 30.6 Å². The summed E-state index contributed by atoms with van der Waals surface area (Å²) in [6, 6.07) is 1.53. The summed E-state index contributed by atoms with van der Waals surface area (Å²) in [6.45, 7) is 3.25. The number of carboxylic acids is 2. The number of nitrogens with one attached hydrogen (secondary N) is 1. The Morgan fingerprint density at radius 2 is 1.91 bits per heavy atom. The number of benzene rings is 1. The molecule has 0 aliphatic rings. The normalized spacial score (nSPS) is 14.3. The van der Waals surface area contributed by atoms with E-state index in [1.165, 1.54) is 0 Å². The Bertz CT molecular complexity index is 688. The Morgan fingerprint density at radius 3 is 2.36 bits per heavy atom. The third-order valence-electron chi connectivity index (χ3n) is 3.22. The van der Waals surface area contributed by atoms with Crippen molar-refractivity contribution in [2.75, 3.05) is 0 Å². The fraction of sp³-hybridized carbons (Fsp3) is 0.385. The first-order valence-corrected chi connectivity index (χ1v) is 8.20. The fourth-order valence-corrected chi connectivity index (χ4v) is 3.21. The van der Waals surface area contributed by atoms with Gasteiger partial charge in [-0.15, -0.1) is 0 Å². The number of carbonyl (C=O) groups excluding carboxylic acids is 2. The van der Waals surface area contributed by atoms with Crippen LogP contribution in [0.4, 0.5) is 0 Å². The number of aromatic carboxylic acids is 1. The van der Waals surface area contributed by atoms with Gasteiger partial charge in [-0.2, -0.15) is 0 Å². The van der Waals surface area contributed by atoms with E-state index in [9.17, 15) is 28.2 Å². The summed E-state index contributed by atoms with van der Waals surface area (Å²) in [5, 5.41) is 21.8. The Labute approximate surface area is 133 Å². The van der Waals surface area contributed by atoms with Crippen molar-refractivity contribution >= 4 is 33.6 Å². The average molecular weight is 348 g/mol. The molecule has 122 valence electrons. The maximum Gasteiger partial charge on any atom is 0.241 e. The van der Waals surface area contributed by atoms with Gasteiger partial charge in [0.05, 0.1) is 22.9 Å². The lowest BCUT2D eigenvalue weighted by atomic mass is 10.0. The van der Waals surface area contributed by atoms with Gasteiger partial charge in [0, 0.05) is 10.6 Å². The predicted octanol–water partition coefficient (Wildman–Crippen LogP) is -0.854. The van der Waals surface area contributed by atoms with Crippen LogP contribution in [0.2, 0.25) is 5.02 Å². The molecule has 0 aliphatic heterocycles. The molecule has 0 bridgehead atoms. The Morgan fingerprint density at radius 1 is 1.32 bits per heavy atom. The molecule has 1 aromatic rings. The van der Waals surface area contributed by atoms with Crippen molar-refractivity contribution in [2.45, 2.75) is 31.2 Å². The number of hydrogen-bond acceptors (Lipinski definition) is 6. The SMILES string of the molecule is CC[C@H](C)[C@H](NS(=O)(=O)c1ccc(Cl)c(C(=O)[O-])c1)C(=O)[O-]. The lowest BCUT2D eigenvalue weighted by Gasteiger charge is -2.25. The maximum atomic E-state index is 12.2. The number of hydrogen-bond donors (Lipinski definition) is 1. The first-order valence-electron chi connectivity index (χ1n) is 6.34. The summed E-state index contributed by atoms with van der Waals surface area (Å²) in [7, 11) is -4.25. The van der Waals surface area contributed by atoms with E-state index in [1.807, 2.05) is 4.72 Å². The van der Waals surface area contributed by atoms with Gasteiger partial charge in [-0.3, -0.25) is 0 Å². The van der Waals surface area contributed by atoms with Crippen molar-refractivity contribution < 1.29 is 28.2 Å². The molecule has 0 radical (unpaired) electrons. The number of halogens is 1. The van der Waals surface area contributed by atoms with Gasteiger partial charge in [0.2, 0.25) is 10.0 Å². The Kier molecular flexibility index (Phi) is 5.92. The molecule has 0 unspecified atom stereocenters. The van der Waals surface area contributed by atoms with Crippen molar-refractivity contribution in [3.63, 3.8) is 0 Å². The first kappa shape index (κ1) is 18.4. The average Bonchev–Trinajstić information content (AvgIpc) is 2.43. The van der Waals surface area contributed by atoms with E-state index in [0.717, 1.165) is 18.2 Å². The zero-order chi connectivity index (χ0) is 17.1. The number of rotatable bonds is 7. The van der Waals surface area contributed by atoms with Crippen LogP contribution in [0.25, 0.3) is 0 Å². The molecule has 1 rings (SSSR count). The molecule has 0 spiro atoms. The molecule has 0 amide bonds. The number of sulfonamides is 1. The molecule has 22 heavy (non-hydrogen) atoms. The van der Waals surface area contributed by atoms with Crippen molar-refractivity contribution in [3.8, 4) is 0 Å². The van der Waals surface area contributed by atoms with Crippen LogP contribution in [0.5, 0.6) is 0 Å². The van der Waals surface area contributed by atoms with E-state index in [0.29, 0.717) is 6.42 Å². The van der Waals surface area contributed by atoms with Crippen molar-refractivity contribution in [1.29, 1.82) is 0 Å². The van der Waals surface area contributed by atoms with Crippen LogP contribution in [0, 0.1) is 5.92 Å². The highest BCUT2D eigenvalue weighted by Gasteiger charge is 2.25. The number of aliphatic carboxylic acids is 1. The van der Waals surface area contributed by atoms with Crippen LogP contribution < -0.4 is 14.9 Å². The van der Waals surface area contributed by atoms with Crippen molar-refractivity contribution in [1.82, 2.24) is 4.72 Å². The molecular weight excluding hydrogens is 334 g/mol. The predicted molar refractivity (Wildman–Crippen MR) is 74.4 cm³/mol. The van der Waals surface area contributed by atoms with Gasteiger partial charge in [-0.1, -0.05) is 31.9 Å². The van der Waals surface area contributed by atoms with Gasteiger partial charge in [0.1, 0.15) is 0 Å². The minimum Gasteiger partial charge on any atom is -0.548 e. The second-order valence-corrected chi connectivity index (χ2v) is 6.85. The van der Waals surface area contributed by atoms with Gasteiger partial charge in [-0.05, 0) is 24.1 Å². The standard InChI is InChI=1S/C13H16ClNO6S/c1-3-7(2)11(13(18)19)15-22(20,21)8-4-5-10(14)9(6-8)12(16)17/h4-7,11,15H,3H2,1-2H3,(H,16,17)(H,18,19)/p-2/t7-,11-/m0/s1. The number of carboxylic acid groups (broad SMARTS) is 2. The Hall–Kier alpha value is -1.64. The third kappa shape index (κ3) is 4.19. The van der Waals surface area contributed by atoms with Gasteiger partial charge in [0.25, 0.3) is 0 Å². The quantitative estimate of drug-likeness (QED) is 0.684. The van der Waals surface area contributed by atoms with Crippen LogP contribution in [-0.4, -0.2) is 26.4 Å². The van der Waals surface area contributed by atoms with Crippen LogP contribution >= 0.6 is 11.6 Å². The van der Waals surface area contributed by atoms with E-state index in [4.69, 9.17) is 11.6 Å². The van der Waals surface area contributed by atoms with Gasteiger partial charge < -0.3 is 19.8 Å². The molecule has 1 aromatic carbocycles. The second-order valence-electron chi connectivity index (χ2n) is 4.73. The fourth-order valence-electron chi connectivity index (χ4n) is 1.70. The van der Waals surface area contributed by atoms with E-state index in [1.54, 1.807) is 13.8 Å². The second kappa shape index (κ2) is 7.08. The molecule has 7 nitrogen and oxygen atoms in total. The summed E-state index contributed by atoms with van der Waals surface area (Å²) in [5.41, 5.74) is -0.502. The van der Waals surface area contributed by atoms with Crippen molar-refractivity contribution in [2.24, 2.45) is 5.92 Å². The molecule has 0 heterocycles. The van der Waals surface area contributed by atoms with Crippen LogP contribution in [0.15, 0.2) is 23.1 Å². The van der Waals surface area contributed by atoms with E-state index >= 15 is 0 Å². The third-order valence-corrected chi connectivity index (χ3v) is 4.99. The smallest absolute Gasteiger partial charge is 0.241 e. The molecular formula is C13H14ClNO6S-2. The number of carbonyl (C=O) groups is 2. The zero-order valence-corrected chi connectivity index (χ0v) is 13.4. The molecule has 0 saturated heterocycles. The van der Waals surface area contributed by atoms with Crippen LogP contribution in [0.3, 0.4) is 0 Å². The Balaban J connectivity index is 3.21. The molecule has 1 N–H and O–H groups in total. The monoisotopic (exact) mass is 347 g/mol. The topological polar surface area (TPSA) is 126 Å². The highest BCUT2D eigenvalue weighted by atomic mass is 35.5. The molecule has 0 fully saturated rings. The maximum absolute atomic E-state index is 12.2. The highest BCUT2D eigenvalue weighted by Crippen LogP contribution is 2.21. The lowest BCUT2D eigenvalue weighted by Crippen LogP contribution is -2.51. The van der Waals surface area contributed by atoms with Gasteiger partial charge in [0.15, 0.2) is 0 Å². The summed E-state index contributed by atoms with van der Waals surface area (Å²) >= 11 is 5.63. The van der Waals surface area contributed by atoms with Crippen LogP contribution in [-0.2, 0) is 14.8 Å². The summed E-state index contributed by atoms with van der Waals surface area (Å²) < 4.78 is 26.4. The van der Waals surface area contributed by atoms with Gasteiger partial charge >= 0.3 is 0 Å². The minimum absolute atomic E-state index is 0.183. The highest BCUT2D eigenvalue weighted by molar-refractivity contribution is 7.89. The van der Waals surface area contributed by atoms with E-state index < -0.39 is 44.4 Å².